The van der Waals surface area contributed by atoms with Gasteiger partial charge in [0.15, 0.2) is 9.84 Å². The first-order chi connectivity index (χ1) is 5.00. The zero-order chi connectivity index (χ0) is 8.91. The summed E-state index contributed by atoms with van der Waals surface area (Å²) in [6, 6.07) is 0. The molecule has 0 heterocycles. The van der Waals surface area contributed by atoms with Crippen LogP contribution in [-0.2, 0) is 9.84 Å². The number of unbranched alkanes of at least 4 members (excludes halogenated alkanes) is 1. The molecule has 0 atom stereocenters. The van der Waals surface area contributed by atoms with Crippen LogP contribution >= 0.6 is 15.9 Å². The molecule has 4 heteroatoms. The molecule has 0 aliphatic rings. The largest absolute Gasteiger partial charge is 0.229 e. The lowest BCUT2D eigenvalue weighted by Gasteiger charge is -2.05. The molecule has 0 spiro atoms. The van der Waals surface area contributed by atoms with Crippen molar-refractivity contribution in [1.29, 1.82) is 0 Å². The van der Waals surface area contributed by atoms with Crippen LogP contribution in [0, 0.1) is 0 Å². The Kier molecular flexibility index (Phi) is 5.34. The molecule has 0 unspecified atom stereocenters. The summed E-state index contributed by atoms with van der Waals surface area (Å²) >= 11 is 3.26. The van der Waals surface area contributed by atoms with Crippen molar-refractivity contribution in [1.82, 2.24) is 0 Å². The van der Waals surface area contributed by atoms with Gasteiger partial charge in [0.1, 0.15) is 0 Å². The van der Waals surface area contributed by atoms with Gasteiger partial charge in [-0.05, 0) is 26.7 Å². The average Bonchev–Trinajstić information content (AvgIpc) is 1.88. The van der Waals surface area contributed by atoms with E-state index in [0.29, 0.717) is 5.75 Å². The van der Waals surface area contributed by atoms with Crippen LogP contribution in [0.4, 0.5) is 0 Å². The van der Waals surface area contributed by atoms with Crippen LogP contribution in [0.5, 0.6) is 0 Å². The highest BCUT2D eigenvalue weighted by Crippen LogP contribution is 2.04. The molecule has 0 aliphatic carbocycles. The SMILES string of the molecule is CC(C)S(=O)(=O)CCCCBr. The smallest absolute Gasteiger partial charge is 0.152 e. The summed E-state index contributed by atoms with van der Waals surface area (Å²) in [5.74, 6) is 0.330. The predicted molar refractivity (Wildman–Crippen MR) is 52.0 cm³/mol. The van der Waals surface area contributed by atoms with Gasteiger partial charge < -0.3 is 0 Å². The maximum Gasteiger partial charge on any atom is 0.152 e. The van der Waals surface area contributed by atoms with Crippen LogP contribution in [0.1, 0.15) is 26.7 Å². The third-order valence-corrected chi connectivity index (χ3v) is 4.39. The molecule has 0 aromatic heterocycles. The van der Waals surface area contributed by atoms with Crippen LogP contribution < -0.4 is 0 Å². The molecule has 0 aromatic carbocycles. The second-order valence-electron chi connectivity index (χ2n) is 2.81. The lowest BCUT2D eigenvalue weighted by atomic mass is 10.4. The van der Waals surface area contributed by atoms with Gasteiger partial charge in [0, 0.05) is 5.33 Å². The van der Waals surface area contributed by atoms with E-state index in [0.717, 1.165) is 18.2 Å². The Balaban J connectivity index is 3.75. The summed E-state index contributed by atoms with van der Waals surface area (Å²) in [5, 5.41) is 0.665. The monoisotopic (exact) mass is 242 g/mol. The minimum atomic E-state index is -2.79. The summed E-state index contributed by atoms with van der Waals surface area (Å²) in [4.78, 5) is 0. The van der Waals surface area contributed by atoms with Gasteiger partial charge in [0.25, 0.3) is 0 Å². The summed E-state index contributed by atoms with van der Waals surface area (Å²) in [6.45, 7) is 3.45. The predicted octanol–water partition coefficient (Wildman–Crippen LogP) is 1.98. The third-order valence-electron chi connectivity index (χ3n) is 1.53. The molecule has 0 radical (unpaired) electrons. The van der Waals surface area contributed by atoms with Gasteiger partial charge in [-0.1, -0.05) is 15.9 Å². The minimum Gasteiger partial charge on any atom is -0.229 e. The van der Waals surface area contributed by atoms with Crippen molar-refractivity contribution in [2.24, 2.45) is 0 Å². The standard InChI is InChI=1S/C7H15BrO2S/c1-7(2)11(9,10)6-4-3-5-8/h7H,3-6H2,1-2H3. The van der Waals surface area contributed by atoms with Gasteiger partial charge in [-0.25, -0.2) is 8.42 Å². The molecule has 0 saturated heterocycles. The normalized spacial score (nSPS) is 12.4. The summed E-state index contributed by atoms with van der Waals surface area (Å²) in [5.41, 5.74) is 0. The number of halogens is 1. The number of alkyl halides is 1. The Hall–Kier alpha value is 0.430. The molecule has 11 heavy (non-hydrogen) atoms. The summed E-state index contributed by atoms with van der Waals surface area (Å²) in [7, 11) is -2.79. The van der Waals surface area contributed by atoms with Gasteiger partial charge in [0.2, 0.25) is 0 Å². The third kappa shape index (κ3) is 4.80. The van der Waals surface area contributed by atoms with Gasteiger partial charge in [0.05, 0.1) is 11.0 Å². The highest BCUT2D eigenvalue weighted by molar-refractivity contribution is 9.09. The van der Waals surface area contributed by atoms with Crippen molar-refractivity contribution < 1.29 is 8.42 Å². The van der Waals surface area contributed by atoms with Gasteiger partial charge in [-0.3, -0.25) is 0 Å². The fourth-order valence-electron chi connectivity index (χ4n) is 0.633. The van der Waals surface area contributed by atoms with E-state index >= 15 is 0 Å². The molecule has 0 bridgehead atoms. The topological polar surface area (TPSA) is 34.1 Å². The quantitative estimate of drug-likeness (QED) is 0.546. The lowest BCUT2D eigenvalue weighted by molar-refractivity contribution is 0.584. The molecular weight excluding hydrogens is 228 g/mol. The summed E-state index contributed by atoms with van der Waals surface area (Å²) < 4.78 is 22.4. The van der Waals surface area contributed by atoms with Crippen molar-refractivity contribution in [3.8, 4) is 0 Å². The van der Waals surface area contributed by atoms with Crippen molar-refractivity contribution in [3.63, 3.8) is 0 Å². The Morgan fingerprint density at radius 1 is 1.27 bits per heavy atom. The van der Waals surface area contributed by atoms with Crippen molar-refractivity contribution in [2.45, 2.75) is 31.9 Å². The first-order valence-corrected chi connectivity index (χ1v) is 6.62. The molecule has 0 aromatic rings. The lowest BCUT2D eigenvalue weighted by Crippen LogP contribution is -2.17. The summed E-state index contributed by atoms with van der Waals surface area (Å²) in [6.07, 6.45) is 1.71. The van der Waals surface area contributed by atoms with Crippen molar-refractivity contribution in [3.05, 3.63) is 0 Å². The Labute approximate surface area is 77.4 Å². The second kappa shape index (κ2) is 5.14. The van der Waals surface area contributed by atoms with Crippen LogP contribution in [-0.4, -0.2) is 24.8 Å². The molecule has 68 valence electrons. The molecule has 2 nitrogen and oxygen atoms in total. The Bertz CT molecular complexity index is 185. The first-order valence-electron chi connectivity index (χ1n) is 3.78. The van der Waals surface area contributed by atoms with Crippen LogP contribution in [0.2, 0.25) is 0 Å². The van der Waals surface area contributed by atoms with E-state index in [2.05, 4.69) is 15.9 Å². The average molecular weight is 243 g/mol. The van der Waals surface area contributed by atoms with E-state index < -0.39 is 9.84 Å². The van der Waals surface area contributed by atoms with E-state index in [-0.39, 0.29) is 5.25 Å². The maximum absolute atomic E-state index is 11.2. The fourth-order valence-corrected chi connectivity index (χ4v) is 2.11. The number of hydrogen-bond donors (Lipinski definition) is 0. The highest BCUT2D eigenvalue weighted by atomic mass is 79.9. The van der Waals surface area contributed by atoms with E-state index in [9.17, 15) is 8.42 Å². The van der Waals surface area contributed by atoms with Gasteiger partial charge >= 0.3 is 0 Å². The van der Waals surface area contributed by atoms with Crippen molar-refractivity contribution in [2.75, 3.05) is 11.1 Å². The highest BCUT2D eigenvalue weighted by Gasteiger charge is 2.14. The van der Waals surface area contributed by atoms with E-state index in [1.54, 1.807) is 13.8 Å². The maximum atomic E-state index is 11.2. The van der Waals surface area contributed by atoms with Crippen LogP contribution in [0.15, 0.2) is 0 Å². The Morgan fingerprint density at radius 2 is 1.82 bits per heavy atom. The van der Waals surface area contributed by atoms with Crippen molar-refractivity contribution >= 4 is 25.8 Å². The fraction of sp³-hybridized carbons (Fsp3) is 1.00. The van der Waals surface area contributed by atoms with E-state index in [4.69, 9.17) is 0 Å². The molecule has 0 rings (SSSR count). The van der Waals surface area contributed by atoms with Crippen LogP contribution in [0.3, 0.4) is 0 Å². The minimum absolute atomic E-state index is 0.224. The molecule has 0 fully saturated rings. The number of sulfone groups is 1. The van der Waals surface area contributed by atoms with Gasteiger partial charge in [-0.15, -0.1) is 0 Å². The first kappa shape index (κ1) is 11.4. The molecule has 0 N–H and O–H groups in total. The molecule has 0 aliphatic heterocycles. The zero-order valence-electron chi connectivity index (χ0n) is 7.01. The van der Waals surface area contributed by atoms with E-state index in [1.807, 2.05) is 0 Å². The molecule has 0 amide bonds. The molecular formula is C7H15BrO2S. The second-order valence-corrected chi connectivity index (χ2v) is 6.28. The van der Waals surface area contributed by atoms with Crippen LogP contribution in [0.25, 0.3) is 0 Å². The van der Waals surface area contributed by atoms with E-state index in [1.165, 1.54) is 0 Å². The zero-order valence-corrected chi connectivity index (χ0v) is 9.41. The number of rotatable bonds is 5. The van der Waals surface area contributed by atoms with Gasteiger partial charge in [-0.2, -0.15) is 0 Å². The number of hydrogen-bond acceptors (Lipinski definition) is 2. The molecule has 0 saturated carbocycles. The Morgan fingerprint density at radius 3 is 2.18 bits per heavy atom.